The Bertz CT molecular complexity index is 351. The summed E-state index contributed by atoms with van der Waals surface area (Å²) >= 11 is 0. The molecule has 0 unspecified atom stereocenters. The molecule has 1 aromatic rings. The highest BCUT2D eigenvalue weighted by Crippen LogP contribution is 2.38. The van der Waals surface area contributed by atoms with Gasteiger partial charge in [-0.2, -0.15) is 0 Å². The molecule has 0 bridgehead atoms. The molecule has 0 amide bonds. The van der Waals surface area contributed by atoms with Crippen LogP contribution in [0.4, 0.5) is 4.39 Å². The number of carbonyl (C=O) groups is 1. The number of hydrogen-bond acceptors (Lipinski definition) is 3. The van der Waals surface area contributed by atoms with Crippen molar-refractivity contribution in [2.75, 3.05) is 13.2 Å². The maximum Gasteiger partial charge on any atom is 0.205 e. The molecule has 0 saturated carbocycles. The number of carbonyl (C=O) groups excluding carboxylic acids is 1. The van der Waals surface area contributed by atoms with Crippen molar-refractivity contribution >= 4 is 20.0 Å². The molecule has 0 N–H and O–H groups in total. The van der Waals surface area contributed by atoms with Crippen LogP contribution in [0.25, 0.3) is 0 Å². The first-order valence-corrected chi connectivity index (χ1v) is 6.22. The van der Waals surface area contributed by atoms with Gasteiger partial charge in [0.2, 0.25) is 8.38 Å². The van der Waals surface area contributed by atoms with Crippen molar-refractivity contribution < 1.29 is 18.2 Å². The molecule has 1 aromatic carbocycles. The summed E-state index contributed by atoms with van der Waals surface area (Å²) in [5.41, 5.74) is 0.0236. The predicted octanol–water partition coefficient (Wildman–Crippen LogP) is 2.65. The van der Waals surface area contributed by atoms with Crippen LogP contribution in [0.1, 0.15) is 24.2 Å². The quantitative estimate of drug-likeness (QED) is 0.570. The molecule has 0 saturated heterocycles. The van der Waals surface area contributed by atoms with Crippen molar-refractivity contribution in [3.63, 3.8) is 0 Å². The van der Waals surface area contributed by atoms with Crippen LogP contribution in [0.2, 0.25) is 0 Å². The van der Waals surface area contributed by atoms with Crippen LogP contribution in [0.15, 0.2) is 18.2 Å². The zero-order valence-electron chi connectivity index (χ0n) is 9.27. The first kappa shape index (κ1) is 13.2. The average molecular weight is 244 g/mol. The van der Waals surface area contributed by atoms with E-state index in [0.717, 1.165) is 0 Å². The standard InChI is InChI=1S/C11H14FO3P/c1-3-14-16(15-4-2)11-7-5-6-10(12)9(11)8-13/h5-8H,3-4H2,1-2H3. The molecule has 0 aliphatic carbocycles. The van der Waals surface area contributed by atoms with Gasteiger partial charge >= 0.3 is 0 Å². The fourth-order valence-electron chi connectivity index (χ4n) is 1.21. The van der Waals surface area contributed by atoms with E-state index < -0.39 is 14.2 Å². The van der Waals surface area contributed by atoms with E-state index in [-0.39, 0.29) is 5.56 Å². The van der Waals surface area contributed by atoms with Crippen molar-refractivity contribution in [3.8, 4) is 0 Å². The zero-order chi connectivity index (χ0) is 12.0. The van der Waals surface area contributed by atoms with Crippen LogP contribution in [0.3, 0.4) is 0 Å². The summed E-state index contributed by atoms with van der Waals surface area (Å²) in [5.74, 6) is -0.542. The summed E-state index contributed by atoms with van der Waals surface area (Å²) in [7, 11) is -1.37. The Kier molecular flexibility index (Phi) is 5.53. The van der Waals surface area contributed by atoms with Gasteiger partial charge in [-0.3, -0.25) is 4.79 Å². The Labute approximate surface area is 95.5 Å². The highest BCUT2D eigenvalue weighted by molar-refractivity contribution is 7.56. The first-order chi connectivity index (χ1) is 7.74. The fraction of sp³-hybridized carbons (Fsp3) is 0.364. The third-order valence-electron chi connectivity index (χ3n) is 1.84. The van der Waals surface area contributed by atoms with Crippen LogP contribution in [-0.2, 0) is 9.05 Å². The van der Waals surface area contributed by atoms with Gasteiger partial charge in [-0.25, -0.2) is 4.39 Å². The largest absolute Gasteiger partial charge is 0.331 e. The number of aldehydes is 1. The molecule has 0 heterocycles. The second-order valence-corrected chi connectivity index (χ2v) is 4.40. The number of hydrogen-bond donors (Lipinski definition) is 0. The fourth-order valence-corrected chi connectivity index (χ4v) is 2.60. The lowest BCUT2D eigenvalue weighted by atomic mass is 10.2. The van der Waals surface area contributed by atoms with E-state index in [1.165, 1.54) is 6.07 Å². The molecule has 0 spiro atoms. The molecule has 88 valence electrons. The van der Waals surface area contributed by atoms with Gasteiger partial charge in [0.05, 0.1) is 18.8 Å². The molecule has 0 aromatic heterocycles. The Balaban J connectivity index is 3.07. The van der Waals surface area contributed by atoms with Gasteiger partial charge in [-0.1, -0.05) is 6.07 Å². The summed E-state index contributed by atoms with van der Waals surface area (Å²) in [5, 5.41) is 0.494. The summed E-state index contributed by atoms with van der Waals surface area (Å²) in [6.45, 7) is 4.57. The Morgan fingerprint density at radius 1 is 1.31 bits per heavy atom. The molecule has 3 nitrogen and oxygen atoms in total. The van der Waals surface area contributed by atoms with Gasteiger partial charge in [-0.05, 0) is 26.0 Å². The van der Waals surface area contributed by atoms with Crippen molar-refractivity contribution in [1.29, 1.82) is 0 Å². The Hall–Kier alpha value is -0.830. The maximum absolute atomic E-state index is 13.4. The highest BCUT2D eigenvalue weighted by Gasteiger charge is 2.19. The van der Waals surface area contributed by atoms with E-state index in [0.29, 0.717) is 24.8 Å². The maximum atomic E-state index is 13.4. The minimum absolute atomic E-state index is 0.0236. The molecule has 16 heavy (non-hydrogen) atoms. The zero-order valence-corrected chi connectivity index (χ0v) is 10.2. The van der Waals surface area contributed by atoms with Gasteiger partial charge < -0.3 is 9.05 Å². The average Bonchev–Trinajstić information content (AvgIpc) is 2.28. The molecule has 0 aliphatic rings. The van der Waals surface area contributed by atoms with E-state index in [1.54, 1.807) is 12.1 Å². The Morgan fingerprint density at radius 3 is 2.44 bits per heavy atom. The van der Waals surface area contributed by atoms with Crippen LogP contribution in [-0.4, -0.2) is 19.5 Å². The molecule has 1 rings (SSSR count). The van der Waals surface area contributed by atoms with E-state index >= 15 is 0 Å². The predicted molar refractivity (Wildman–Crippen MR) is 61.6 cm³/mol. The second kappa shape index (κ2) is 6.69. The van der Waals surface area contributed by atoms with Gasteiger partial charge in [-0.15, -0.1) is 0 Å². The molecule has 0 fully saturated rings. The van der Waals surface area contributed by atoms with Crippen LogP contribution >= 0.6 is 8.38 Å². The third-order valence-corrected chi connectivity index (χ3v) is 3.61. The van der Waals surface area contributed by atoms with E-state index in [4.69, 9.17) is 9.05 Å². The molecule has 0 atom stereocenters. The number of rotatable bonds is 6. The van der Waals surface area contributed by atoms with E-state index in [9.17, 15) is 9.18 Å². The monoisotopic (exact) mass is 244 g/mol. The molecule has 5 heteroatoms. The van der Waals surface area contributed by atoms with Crippen LogP contribution in [0, 0.1) is 5.82 Å². The van der Waals surface area contributed by atoms with E-state index in [2.05, 4.69) is 0 Å². The van der Waals surface area contributed by atoms with E-state index in [1.807, 2.05) is 13.8 Å². The van der Waals surface area contributed by atoms with Crippen molar-refractivity contribution in [1.82, 2.24) is 0 Å². The Morgan fingerprint density at radius 2 is 1.94 bits per heavy atom. The lowest BCUT2D eigenvalue weighted by Crippen LogP contribution is -2.13. The van der Waals surface area contributed by atoms with Gasteiger partial charge in [0.15, 0.2) is 6.29 Å². The number of benzene rings is 1. The van der Waals surface area contributed by atoms with Crippen molar-refractivity contribution in [3.05, 3.63) is 29.6 Å². The summed E-state index contributed by atoms with van der Waals surface area (Å²) in [4.78, 5) is 10.8. The summed E-state index contributed by atoms with van der Waals surface area (Å²) in [6, 6.07) is 4.45. The van der Waals surface area contributed by atoms with Crippen LogP contribution in [0.5, 0.6) is 0 Å². The normalized spacial score (nSPS) is 10.8. The SMILES string of the molecule is CCOP(OCC)c1cccc(F)c1C=O. The highest BCUT2D eigenvalue weighted by atomic mass is 31.2. The third kappa shape index (κ3) is 3.08. The molecular weight excluding hydrogens is 230 g/mol. The van der Waals surface area contributed by atoms with Crippen LogP contribution < -0.4 is 5.30 Å². The van der Waals surface area contributed by atoms with Crippen molar-refractivity contribution in [2.24, 2.45) is 0 Å². The first-order valence-electron chi connectivity index (χ1n) is 5.04. The van der Waals surface area contributed by atoms with Gasteiger partial charge in [0.1, 0.15) is 5.82 Å². The minimum atomic E-state index is -1.37. The lowest BCUT2D eigenvalue weighted by molar-refractivity contribution is 0.112. The van der Waals surface area contributed by atoms with Crippen molar-refractivity contribution in [2.45, 2.75) is 13.8 Å². The summed E-state index contributed by atoms with van der Waals surface area (Å²) < 4.78 is 24.1. The topological polar surface area (TPSA) is 35.5 Å². The molecular formula is C11H14FO3P. The minimum Gasteiger partial charge on any atom is -0.331 e. The van der Waals surface area contributed by atoms with Gasteiger partial charge in [0, 0.05) is 5.30 Å². The second-order valence-electron chi connectivity index (χ2n) is 2.88. The number of halogens is 1. The summed E-state index contributed by atoms with van der Waals surface area (Å²) in [6.07, 6.45) is 0.498. The molecule has 0 aliphatic heterocycles. The van der Waals surface area contributed by atoms with Gasteiger partial charge in [0.25, 0.3) is 0 Å². The smallest absolute Gasteiger partial charge is 0.205 e. The lowest BCUT2D eigenvalue weighted by Gasteiger charge is -2.17. The molecule has 0 radical (unpaired) electrons.